The van der Waals surface area contributed by atoms with Crippen LogP contribution in [0.15, 0.2) is 12.2 Å². The minimum Gasteiger partial charge on any atom is -0.462 e. The van der Waals surface area contributed by atoms with E-state index in [1.54, 1.807) is 6.92 Å². The summed E-state index contributed by atoms with van der Waals surface area (Å²) >= 11 is 0. The van der Waals surface area contributed by atoms with Crippen molar-refractivity contribution in [1.82, 2.24) is 0 Å². The lowest BCUT2D eigenvalue weighted by Crippen LogP contribution is -2.23. The first-order chi connectivity index (χ1) is 7.49. The van der Waals surface area contributed by atoms with Gasteiger partial charge in [0.2, 0.25) is 0 Å². The molecule has 0 heterocycles. The van der Waals surface area contributed by atoms with Gasteiger partial charge in [-0.15, -0.1) is 6.58 Å². The van der Waals surface area contributed by atoms with Crippen LogP contribution >= 0.6 is 0 Å². The number of esters is 1. The molecule has 3 heteroatoms. The van der Waals surface area contributed by atoms with E-state index in [1.165, 1.54) is 0 Å². The van der Waals surface area contributed by atoms with Crippen LogP contribution in [0.25, 0.3) is 0 Å². The molecule has 0 radical (unpaired) electrons. The van der Waals surface area contributed by atoms with Crippen LogP contribution in [0, 0.1) is 0 Å². The predicted molar refractivity (Wildman–Crippen MR) is 65.1 cm³/mol. The van der Waals surface area contributed by atoms with Gasteiger partial charge >= 0.3 is 5.97 Å². The van der Waals surface area contributed by atoms with Crippen molar-refractivity contribution in [2.75, 3.05) is 0 Å². The first-order valence-corrected chi connectivity index (χ1v) is 6.01. The minimum atomic E-state index is -0.460. The molecule has 0 bridgehead atoms. The van der Waals surface area contributed by atoms with E-state index >= 15 is 0 Å². The fraction of sp³-hybridized carbons (Fsp3) is 0.769. The Morgan fingerprint density at radius 2 is 2.06 bits per heavy atom. The number of hydrogen-bond donors (Lipinski definition) is 1. The molecule has 0 aliphatic carbocycles. The Morgan fingerprint density at radius 3 is 2.50 bits per heavy atom. The highest BCUT2D eigenvalue weighted by Gasteiger charge is 2.17. The summed E-state index contributed by atoms with van der Waals surface area (Å²) < 4.78 is 5.26. The maximum Gasteiger partial charge on any atom is 0.305 e. The number of carbonyl (C=O) groups excluding carboxylic acids is 1. The molecule has 0 aromatic heterocycles. The van der Waals surface area contributed by atoms with Crippen molar-refractivity contribution >= 4 is 5.97 Å². The SMILES string of the molecule is C=C(C)C[C@H](O)C[C@H](CCC)OC(=O)CC. The zero-order chi connectivity index (χ0) is 12.6. The lowest BCUT2D eigenvalue weighted by molar-refractivity contribution is -0.150. The Bertz CT molecular complexity index is 223. The van der Waals surface area contributed by atoms with E-state index in [9.17, 15) is 9.90 Å². The summed E-state index contributed by atoms with van der Waals surface area (Å²) in [6.45, 7) is 9.46. The van der Waals surface area contributed by atoms with Crippen molar-refractivity contribution < 1.29 is 14.6 Å². The highest BCUT2D eigenvalue weighted by molar-refractivity contribution is 5.69. The van der Waals surface area contributed by atoms with Crippen LogP contribution in [-0.4, -0.2) is 23.3 Å². The summed E-state index contributed by atoms with van der Waals surface area (Å²) in [4.78, 5) is 11.2. The Labute approximate surface area is 98.5 Å². The molecule has 16 heavy (non-hydrogen) atoms. The van der Waals surface area contributed by atoms with Gasteiger partial charge in [0.1, 0.15) is 6.10 Å². The van der Waals surface area contributed by atoms with E-state index in [-0.39, 0.29) is 12.1 Å². The second-order valence-corrected chi connectivity index (χ2v) is 4.30. The lowest BCUT2D eigenvalue weighted by atomic mass is 10.0. The molecule has 0 unspecified atom stereocenters. The highest BCUT2D eigenvalue weighted by atomic mass is 16.5. The summed E-state index contributed by atoms with van der Waals surface area (Å²) in [7, 11) is 0. The third-order valence-corrected chi connectivity index (χ3v) is 2.32. The monoisotopic (exact) mass is 228 g/mol. The minimum absolute atomic E-state index is 0.160. The van der Waals surface area contributed by atoms with E-state index in [0.29, 0.717) is 19.3 Å². The maximum absolute atomic E-state index is 11.2. The molecule has 0 fully saturated rings. The molecule has 0 rings (SSSR count). The van der Waals surface area contributed by atoms with Gasteiger partial charge in [0.05, 0.1) is 6.10 Å². The summed E-state index contributed by atoms with van der Waals surface area (Å²) in [6.07, 6.45) is 2.60. The third kappa shape index (κ3) is 7.46. The Morgan fingerprint density at radius 1 is 1.44 bits per heavy atom. The van der Waals surface area contributed by atoms with Gasteiger partial charge in [0.25, 0.3) is 0 Å². The van der Waals surface area contributed by atoms with Gasteiger partial charge in [-0.25, -0.2) is 0 Å². The number of carbonyl (C=O) groups is 1. The van der Waals surface area contributed by atoms with Crippen LogP contribution in [0.2, 0.25) is 0 Å². The number of hydrogen-bond acceptors (Lipinski definition) is 3. The van der Waals surface area contributed by atoms with E-state index in [1.807, 2.05) is 13.8 Å². The molecule has 0 aromatic carbocycles. The Balaban J connectivity index is 4.10. The second-order valence-electron chi connectivity index (χ2n) is 4.30. The molecule has 2 atom stereocenters. The molecule has 0 aromatic rings. The average Bonchev–Trinajstić information content (AvgIpc) is 2.16. The number of rotatable bonds is 8. The van der Waals surface area contributed by atoms with Crippen molar-refractivity contribution in [2.45, 2.75) is 65.1 Å². The van der Waals surface area contributed by atoms with Gasteiger partial charge in [-0.2, -0.15) is 0 Å². The van der Waals surface area contributed by atoms with Crippen molar-refractivity contribution in [2.24, 2.45) is 0 Å². The Kier molecular flexibility index (Phi) is 7.90. The molecular formula is C13H24O3. The second kappa shape index (κ2) is 8.34. The van der Waals surface area contributed by atoms with E-state index in [0.717, 1.165) is 18.4 Å². The normalized spacial score (nSPS) is 14.2. The lowest BCUT2D eigenvalue weighted by Gasteiger charge is -2.20. The average molecular weight is 228 g/mol. The number of aliphatic hydroxyl groups excluding tert-OH is 1. The van der Waals surface area contributed by atoms with Crippen LogP contribution < -0.4 is 0 Å². The molecular weight excluding hydrogens is 204 g/mol. The predicted octanol–water partition coefficient (Wildman–Crippen LogP) is 2.83. The zero-order valence-electron chi connectivity index (χ0n) is 10.7. The van der Waals surface area contributed by atoms with Gasteiger partial charge in [-0.3, -0.25) is 4.79 Å². The van der Waals surface area contributed by atoms with Crippen molar-refractivity contribution in [1.29, 1.82) is 0 Å². The molecule has 1 N–H and O–H groups in total. The maximum atomic E-state index is 11.2. The van der Waals surface area contributed by atoms with Crippen molar-refractivity contribution in [3.8, 4) is 0 Å². The molecule has 0 aliphatic rings. The van der Waals surface area contributed by atoms with Crippen LogP contribution in [0.1, 0.15) is 52.9 Å². The van der Waals surface area contributed by atoms with Gasteiger partial charge in [-0.1, -0.05) is 25.8 Å². The molecule has 0 spiro atoms. The largest absolute Gasteiger partial charge is 0.462 e. The molecule has 0 aliphatic heterocycles. The van der Waals surface area contributed by atoms with E-state index in [4.69, 9.17) is 4.74 Å². The van der Waals surface area contributed by atoms with Crippen LogP contribution in [0.4, 0.5) is 0 Å². The number of ether oxygens (including phenoxy) is 1. The van der Waals surface area contributed by atoms with E-state index < -0.39 is 6.10 Å². The summed E-state index contributed by atoms with van der Waals surface area (Å²) in [5.41, 5.74) is 0.949. The van der Waals surface area contributed by atoms with Crippen LogP contribution in [0.3, 0.4) is 0 Å². The van der Waals surface area contributed by atoms with Crippen molar-refractivity contribution in [3.05, 3.63) is 12.2 Å². The summed E-state index contributed by atoms with van der Waals surface area (Å²) in [6, 6.07) is 0. The van der Waals surface area contributed by atoms with Gasteiger partial charge in [-0.05, 0) is 19.8 Å². The molecule has 3 nitrogen and oxygen atoms in total. The van der Waals surface area contributed by atoms with E-state index in [2.05, 4.69) is 6.58 Å². The van der Waals surface area contributed by atoms with Gasteiger partial charge in [0.15, 0.2) is 0 Å². The highest BCUT2D eigenvalue weighted by Crippen LogP contribution is 2.15. The quantitative estimate of drug-likeness (QED) is 0.513. The van der Waals surface area contributed by atoms with Gasteiger partial charge < -0.3 is 9.84 Å². The smallest absolute Gasteiger partial charge is 0.305 e. The van der Waals surface area contributed by atoms with Crippen LogP contribution in [0.5, 0.6) is 0 Å². The zero-order valence-corrected chi connectivity index (χ0v) is 10.7. The molecule has 94 valence electrons. The topological polar surface area (TPSA) is 46.5 Å². The fourth-order valence-electron chi connectivity index (χ4n) is 1.61. The summed E-state index contributed by atoms with van der Waals surface area (Å²) in [5, 5.41) is 9.75. The molecule has 0 saturated heterocycles. The van der Waals surface area contributed by atoms with Crippen molar-refractivity contribution in [3.63, 3.8) is 0 Å². The number of aliphatic hydroxyl groups is 1. The third-order valence-electron chi connectivity index (χ3n) is 2.32. The molecule has 0 amide bonds. The first kappa shape index (κ1) is 15.2. The molecule has 0 saturated carbocycles. The first-order valence-electron chi connectivity index (χ1n) is 6.01. The fourth-order valence-corrected chi connectivity index (χ4v) is 1.61. The summed E-state index contributed by atoms with van der Waals surface area (Å²) in [5.74, 6) is -0.194. The standard InChI is InChI=1S/C13H24O3/c1-5-7-12(16-13(15)6-2)9-11(14)8-10(3)4/h11-12,14H,3,5-9H2,1-2,4H3/t11-,12-/m0/s1. The van der Waals surface area contributed by atoms with Crippen LogP contribution in [-0.2, 0) is 9.53 Å². The van der Waals surface area contributed by atoms with Gasteiger partial charge in [0, 0.05) is 12.8 Å². The Hall–Kier alpha value is -0.830.